The Hall–Kier alpha value is -3.86. The molecule has 0 radical (unpaired) electrons. The van der Waals surface area contributed by atoms with Crippen LogP contribution >= 0.6 is 39.1 Å². The maximum atomic E-state index is 13.2. The predicted octanol–water partition coefficient (Wildman–Crippen LogP) is 7.15. The van der Waals surface area contributed by atoms with Gasteiger partial charge in [-0.25, -0.2) is 4.79 Å². The number of hydrogen-bond acceptors (Lipinski definition) is 7. The number of carbonyl (C=O) groups excluding carboxylic acids is 3. The van der Waals surface area contributed by atoms with E-state index in [4.69, 9.17) is 37.4 Å². The summed E-state index contributed by atoms with van der Waals surface area (Å²) in [7, 11) is 0. The van der Waals surface area contributed by atoms with Crippen LogP contribution in [0.15, 0.2) is 69.7 Å². The van der Waals surface area contributed by atoms with Crippen molar-refractivity contribution in [1.29, 1.82) is 0 Å². The first-order valence-corrected chi connectivity index (χ1v) is 14.4. The molecule has 0 bridgehead atoms. The van der Waals surface area contributed by atoms with E-state index in [0.29, 0.717) is 66.4 Å². The Balaban J connectivity index is 1.48. The monoisotopic (exact) mass is 673 g/mol. The van der Waals surface area contributed by atoms with Gasteiger partial charge in [-0.3, -0.25) is 9.59 Å². The maximum absolute atomic E-state index is 13.2. The molecule has 0 fully saturated rings. The molecule has 12 heteroatoms. The highest BCUT2D eigenvalue weighted by Gasteiger charge is 2.29. The number of rotatable bonds is 10. The highest BCUT2D eigenvalue weighted by Crippen LogP contribution is 2.38. The molecule has 1 N–H and O–H groups in total. The van der Waals surface area contributed by atoms with Crippen molar-refractivity contribution in [3.05, 3.63) is 85.8 Å². The minimum absolute atomic E-state index is 0.275. The van der Waals surface area contributed by atoms with Crippen molar-refractivity contribution >= 4 is 80.1 Å². The van der Waals surface area contributed by atoms with E-state index < -0.39 is 11.9 Å². The first-order chi connectivity index (χ1) is 20.1. The minimum Gasteiger partial charge on any atom is -0.490 e. The molecule has 2 amide bonds. The second kappa shape index (κ2) is 13.9. The molecular weight excluding hydrogens is 649 g/mol. The average Bonchev–Trinajstić information content (AvgIpc) is 3.23. The Morgan fingerprint density at radius 2 is 1.74 bits per heavy atom. The number of carbonyl (C=O) groups is 3. The lowest BCUT2D eigenvalue weighted by molar-refractivity contribution is -0.118. The Labute approximate surface area is 261 Å². The summed E-state index contributed by atoms with van der Waals surface area (Å²) in [6, 6.07) is 14.6. The number of anilines is 2. The van der Waals surface area contributed by atoms with Crippen molar-refractivity contribution in [2.24, 2.45) is 5.10 Å². The van der Waals surface area contributed by atoms with Crippen molar-refractivity contribution in [3.63, 3.8) is 0 Å². The fourth-order valence-corrected chi connectivity index (χ4v) is 4.82. The molecule has 1 aliphatic rings. The highest BCUT2D eigenvalue weighted by molar-refractivity contribution is 9.10. The van der Waals surface area contributed by atoms with E-state index in [-0.39, 0.29) is 19.1 Å². The van der Waals surface area contributed by atoms with Crippen LogP contribution in [0.25, 0.3) is 6.08 Å². The highest BCUT2D eigenvalue weighted by atomic mass is 79.9. The Kier molecular flexibility index (Phi) is 10.3. The lowest BCUT2D eigenvalue weighted by Crippen LogP contribution is -2.21. The maximum Gasteiger partial charge on any atom is 0.338 e. The lowest BCUT2D eigenvalue weighted by Gasteiger charge is -2.15. The molecule has 218 valence electrons. The fraction of sp³-hybridized carbons (Fsp3) is 0.200. The third-order valence-corrected chi connectivity index (χ3v) is 7.21. The van der Waals surface area contributed by atoms with Crippen molar-refractivity contribution in [2.75, 3.05) is 30.1 Å². The summed E-state index contributed by atoms with van der Waals surface area (Å²) < 4.78 is 17.1. The smallest absolute Gasteiger partial charge is 0.338 e. The van der Waals surface area contributed by atoms with E-state index >= 15 is 0 Å². The van der Waals surface area contributed by atoms with Gasteiger partial charge in [0, 0.05) is 5.69 Å². The summed E-state index contributed by atoms with van der Waals surface area (Å²) in [5, 5.41) is 9.07. The summed E-state index contributed by atoms with van der Waals surface area (Å²) in [5.74, 6) is -0.466. The zero-order valence-electron chi connectivity index (χ0n) is 22.9. The molecule has 1 aliphatic heterocycles. The van der Waals surface area contributed by atoms with Gasteiger partial charge in [0.1, 0.15) is 0 Å². The van der Waals surface area contributed by atoms with Crippen LogP contribution in [0.2, 0.25) is 10.0 Å². The summed E-state index contributed by atoms with van der Waals surface area (Å²) in [4.78, 5) is 37.6. The minimum atomic E-state index is -0.436. The van der Waals surface area contributed by atoms with Gasteiger partial charge in [0.2, 0.25) is 0 Å². The summed E-state index contributed by atoms with van der Waals surface area (Å²) in [5.41, 5.74) is 2.93. The van der Waals surface area contributed by atoms with Gasteiger partial charge in [-0.05, 0) is 103 Å². The third kappa shape index (κ3) is 7.31. The number of esters is 1. The number of hydrogen-bond donors (Lipinski definition) is 1. The molecule has 0 aliphatic carbocycles. The van der Waals surface area contributed by atoms with Crippen LogP contribution in [0.1, 0.15) is 36.7 Å². The SMILES string of the molecule is CCOC(=O)c1ccc(NC(=O)COc2c(Br)cc(/C=C3\C(=O)N(c4ccc(Cl)c(Cl)c4)N=C3C)cc2OCC)cc1. The second-order valence-corrected chi connectivity index (χ2v) is 10.5. The lowest BCUT2D eigenvalue weighted by atomic mass is 10.1. The van der Waals surface area contributed by atoms with E-state index in [1.807, 2.05) is 6.92 Å². The molecule has 0 atom stereocenters. The van der Waals surface area contributed by atoms with Gasteiger partial charge in [0.25, 0.3) is 11.8 Å². The molecule has 0 spiro atoms. The van der Waals surface area contributed by atoms with Gasteiger partial charge in [-0.15, -0.1) is 0 Å². The van der Waals surface area contributed by atoms with Gasteiger partial charge >= 0.3 is 5.97 Å². The molecule has 3 aromatic rings. The molecule has 0 unspecified atom stereocenters. The van der Waals surface area contributed by atoms with E-state index in [0.717, 1.165) is 0 Å². The Bertz CT molecular complexity index is 1590. The molecule has 1 heterocycles. The normalized spacial score (nSPS) is 13.7. The topological polar surface area (TPSA) is 107 Å². The number of amides is 2. The number of ether oxygens (including phenoxy) is 3. The molecule has 0 aromatic heterocycles. The number of nitrogens with one attached hydrogen (secondary N) is 1. The number of halogens is 3. The Morgan fingerprint density at radius 3 is 2.40 bits per heavy atom. The van der Waals surface area contributed by atoms with Crippen LogP contribution in [0.5, 0.6) is 11.5 Å². The van der Waals surface area contributed by atoms with E-state index in [1.54, 1.807) is 74.5 Å². The molecular formula is C30H26BrCl2N3O6. The molecule has 42 heavy (non-hydrogen) atoms. The van der Waals surface area contributed by atoms with Gasteiger partial charge in [-0.2, -0.15) is 10.1 Å². The van der Waals surface area contributed by atoms with E-state index in [9.17, 15) is 14.4 Å². The molecule has 4 rings (SSSR count). The van der Waals surface area contributed by atoms with Crippen molar-refractivity contribution < 1.29 is 28.6 Å². The largest absolute Gasteiger partial charge is 0.490 e. The van der Waals surface area contributed by atoms with Crippen molar-refractivity contribution in [2.45, 2.75) is 20.8 Å². The van der Waals surface area contributed by atoms with Gasteiger partial charge < -0.3 is 19.5 Å². The van der Waals surface area contributed by atoms with Gasteiger partial charge in [0.05, 0.1) is 50.3 Å². The number of benzene rings is 3. The fourth-order valence-electron chi connectivity index (χ4n) is 3.96. The third-order valence-electron chi connectivity index (χ3n) is 5.88. The summed E-state index contributed by atoms with van der Waals surface area (Å²) in [6.07, 6.45) is 1.70. The van der Waals surface area contributed by atoms with Crippen LogP contribution in [-0.2, 0) is 14.3 Å². The first-order valence-electron chi connectivity index (χ1n) is 12.8. The molecule has 3 aromatic carbocycles. The second-order valence-electron chi connectivity index (χ2n) is 8.86. The summed E-state index contributed by atoms with van der Waals surface area (Å²) in [6.45, 7) is 5.60. The van der Waals surface area contributed by atoms with Crippen LogP contribution in [-0.4, -0.2) is 43.3 Å². The predicted molar refractivity (Wildman–Crippen MR) is 167 cm³/mol. The van der Waals surface area contributed by atoms with Crippen molar-refractivity contribution in [1.82, 2.24) is 0 Å². The Morgan fingerprint density at radius 1 is 1.00 bits per heavy atom. The van der Waals surface area contributed by atoms with Crippen LogP contribution in [0.4, 0.5) is 11.4 Å². The zero-order valence-corrected chi connectivity index (χ0v) is 26.0. The number of nitrogens with zero attached hydrogens (tertiary/aromatic N) is 2. The average molecular weight is 675 g/mol. The van der Waals surface area contributed by atoms with E-state index in [2.05, 4.69) is 26.3 Å². The van der Waals surface area contributed by atoms with Crippen LogP contribution in [0, 0.1) is 0 Å². The van der Waals surface area contributed by atoms with Gasteiger partial charge in [0.15, 0.2) is 18.1 Å². The molecule has 0 saturated heterocycles. The van der Waals surface area contributed by atoms with Gasteiger partial charge in [-0.1, -0.05) is 23.2 Å². The number of hydrazone groups is 1. The molecule has 9 nitrogen and oxygen atoms in total. The zero-order chi connectivity index (χ0) is 30.4. The summed E-state index contributed by atoms with van der Waals surface area (Å²) >= 11 is 15.6. The standard InChI is InChI=1S/C30H26BrCl2N3O6/c1-4-40-26-14-18(12-22-17(3)35-36(29(22)38)21-10-11-24(32)25(33)15-21)13-23(31)28(26)42-16-27(37)34-20-8-6-19(7-9-20)30(39)41-5-2/h6-15H,4-5,16H2,1-3H3,(H,34,37)/b22-12-. The van der Waals surface area contributed by atoms with Crippen LogP contribution in [0.3, 0.4) is 0 Å². The van der Waals surface area contributed by atoms with E-state index in [1.165, 1.54) is 5.01 Å². The van der Waals surface area contributed by atoms with Crippen LogP contribution < -0.4 is 19.8 Å². The van der Waals surface area contributed by atoms with Crippen molar-refractivity contribution in [3.8, 4) is 11.5 Å². The first kappa shape index (κ1) is 31.1. The molecule has 0 saturated carbocycles. The quantitative estimate of drug-likeness (QED) is 0.181.